The third-order valence-electron chi connectivity index (χ3n) is 2.62. The van der Waals surface area contributed by atoms with Crippen LogP contribution in [0.25, 0.3) is 0 Å². The van der Waals surface area contributed by atoms with E-state index in [-0.39, 0.29) is 12.0 Å². The van der Waals surface area contributed by atoms with Crippen LogP contribution in [0.15, 0.2) is 35.0 Å². The molecule has 0 saturated carbocycles. The van der Waals surface area contributed by atoms with Crippen LogP contribution in [0.3, 0.4) is 0 Å². The first-order valence-corrected chi connectivity index (χ1v) is 6.26. The van der Waals surface area contributed by atoms with Crippen LogP contribution in [-0.4, -0.2) is 11.1 Å². The molecule has 0 unspecified atom stereocenters. The topological polar surface area (TPSA) is 37.3 Å². The van der Waals surface area contributed by atoms with Gasteiger partial charge in [0.15, 0.2) is 0 Å². The average molecular weight is 286 g/mol. The maximum atomic E-state index is 12.6. The van der Waals surface area contributed by atoms with Crippen molar-refractivity contribution in [3.8, 4) is 0 Å². The maximum Gasteiger partial charge on any atom is 0.416 e. The third-order valence-corrected chi connectivity index (χ3v) is 3.41. The van der Waals surface area contributed by atoms with Crippen LogP contribution in [0.1, 0.15) is 27.0 Å². The van der Waals surface area contributed by atoms with E-state index in [1.54, 1.807) is 11.4 Å². The zero-order valence-corrected chi connectivity index (χ0v) is 10.4. The highest BCUT2D eigenvalue weighted by molar-refractivity contribution is 7.08. The number of carboxylic acids is 1. The van der Waals surface area contributed by atoms with Crippen LogP contribution >= 0.6 is 11.3 Å². The second kappa shape index (κ2) is 5.05. The first kappa shape index (κ1) is 13.6. The molecule has 0 spiro atoms. The summed E-state index contributed by atoms with van der Waals surface area (Å²) in [5, 5.41) is 12.1. The molecule has 1 heterocycles. The molecule has 0 radical (unpaired) electrons. The molecule has 0 amide bonds. The van der Waals surface area contributed by atoms with E-state index < -0.39 is 17.7 Å². The summed E-state index contributed by atoms with van der Waals surface area (Å²) in [6.07, 6.45) is -4.21. The number of aromatic carboxylic acids is 1. The first-order chi connectivity index (χ1) is 8.88. The zero-order chi connectivity index (χ0) is 14.0. The molecule has 0 fully saturated rings. The van der Waals surface area contributed by atoms with E-state index in [0.717, 1.165) is 12.1 Å². The third kappa shape index (κ3) is 3.14. The standard InChI is InChI=1S/C13H9F3O2S/c14-13(15,16)10-3-1-2-8(5-10)4-9-6-19-7-11(9)12(17)18/h1-3,5-7H,4H2,(H,17,18). The number of benzene rings is 1. The molecular formula is C13H9F3O2S. The van der Waals surface area contributed by atoms with Crippen LogP contribution < -0.4 is 0 Å². The number of carbonyl (C=O) groups is 1. The van der Waals surface area contributed by atoms with Gasteiger partial charge in [-0.25, -0.2) is 4.79 Å². The molecule has 19 heavy (non-hydrogen) atoms. The Hall–Kier alpha value is -1.82. The van der Waals surface area contributed by atoms with Crippen molar-refractivity contribution in [2.45, 2.75) is 12.6 Å². The fourth-order valence-electron chi connectivity index (χ4n) is 1.73. The first-order valence-electron chi connectivity index (χ1n) is 5.32. The summed E-state index contributed by atoms with van der Waals surface area (Å²) in [6, 6.07) is 4.92. The second-order valence-electron chi connectivity index (χ2n) is 3.99. The number of halogens is 3. The number of hydrogen-bond donors (Lipinski definition) is 1. The zero-order valence-electron chi connectivity index (χ0n) is 9.57. The second-order valence-corrected chi connectivity index (χ2v) is 4.73. The van der Waals surface area contributed by atoms with Gasteiger partial charge in [0.2, 0.25) is 0 Å². The van der Waals surface area contributed by atoms with Gasteiger partial charge >= 0.3 is 12.1 Å². The fourth-order valence-corrected chi connectivity index (χ4v) is 2.56. The van der Waals surface area contributed by atoms with Gasteiger partial charge in [-0.2, -0.15) is 24.5 Å². The van der Waals surface area contributed by atoms with E-state index in [0.29, 0.717) is 11.1 Å². The Kier molecular flexibility index (Phi) is 3.61. The molecule has 0 aliphatic carbocycles. The Morgan fingerprint density at radius 2 is 2.00 bits per heavy atom. The van der Waals surface area contributed by atoms with Crippen molar-refractivity contribution in [3.05, 3.63) is 57.3 Å². The molecule has 2 rings (SSSR count). The summed E-state index contributed by atoms with van der Waals surface area (Å²) in [6.45, 7) is 0. The van der Waals surface area contributed by atoms with Crippen molar-refractivity contribution >= 4 is 17.3 Å². The van der Waals surface area contributed by atoms with Gasteiger partial charge in [0, 0.05) is 5.38 Å². The van der Waals surface area contributed by atoms with Gasteiger partial charge in [-0.1, -0.05) is 18.2 Å². The summed E-state index contributed by atoms with van der Waals surface area (Å²) >= 11 is 1.22. The molecule has 2 aromatic rings. The minimum Gasteiger partial charge on any atom is -0.478 e. The molecule has 1 N–H and O–H groups in total. The molecule has 0 aliphatic rings. The Bertz CT molecular complexity index is 602. The Morgan fingerprint density at radius 3 is 2.63 bits per heavy atom. The predicted octanol–water partition coefficient (Wildman–Crippen LogP) is 4.06. The normalized spacial score (nSPS) is 11.5. The fraction of sp³-hybridized carbons (Fsp3) is 0.154. The van der Waals surface area contributed by atoms with Crippen LogP contribution in [0.5, 0.6) is 0 Å². The summed E-state index contributed by atoms with van der Waals surface area (Å²) in [4.78, 5) is 10.9. The van der Waals surface area contributed by atoms with Gasteiger partial charge < -0.3 is 5.11 Å². The number of rotatable bonds is 3. The van der Waals surface area contributed by atoms with Crippen LogP contribution in [-0.2, 0) is 12.6 Å². The number of carboxylic acid groups (broad SMARTS) is 1. The van der Waals surface area contributed by atoms with Gasteiger partial charge in [-0.05, 0) is 29.0 Å². The lowest BCUT2D eigenvalue weighted by Gasteiger charge is -2.08. The maximum absolute atomic E-state index is 12.6. The van der Waals surface area contributed by atoms with Crippen molar-refractivity contribution in [1.29, 1.82) is 0 Å². The molecule has 6 heteroatoms. The van der Waals surface area contributed by atoms with Gasteiger partial charge in [0.1, 0.15) is 0 Å². The number of hydrogen-bond acceptors (Lipinski definition) is 2. The minimum atomic E-state index is -4.39. The lowest BCUT2D eigenvalue weighted by atomic mass is 10.0. The van der Waals surface area contributed by atoms with Gasteiger partial charge in [-0.15, -0.1) is 0 Å². The largest absolute Gasteiger partial charge is 0.478 e. The van der Waals surface area contributed by atoms with Crippen LogP contribution in [0, 0.1) is 0 Å². The van der Waals surface area contributed by atoms with E-state index in [4.69, 9.17) is 5.11 Å². The smallest absolute Gasteiger partial charge is 0.416 e. The number of thiophene rings is 1. The van der Waals surface area contributed by atoms with E-state index in [1.807, 2.05) is 0 Å². The van der Waals surface area contributed by atoms with Crippen molar-refractivity contribution in [2.24, 2.45) is 0 Å². The molecule has 0 bridgehead atoms. The lowest BCUT2D eigenvalue weighted by Crippen LogP contribution is -2.06. The summed E-state index contributed by atoms with van der Waals surface area (Å²) in [7, 11) is 0. The molecule has 0 atom stereocenters. The summed E-state index contributed by atoms with van der Waals surface area (Å²) in [5.41, 5.74) is 0.382. The minimum absolute atomic E-state index is 0.141. The molecule has 0 saturated heterocycles. The van der Waals surface area contributed by atoms with Gasteiger partial charge in [0.05, 0.1) is 11.1 Å². The molecular weight excluding hydrogens is 277 g/mol. The summed E-state index contributed by atoms with van der Waals surface area (Å²) < 4.78 is 37.7. The van der Waals surface area contributed by atoms with Crippen molar-refractivity contribution in [3.63, 3.8) is 0 Å². The molecule has 1 aromatic carbocycles. The number of alkyl halides is 3. The highest BCUT2D eigenvalue weighted by Gasteiger charge is 2.30. The monoisotopic (exact) mass is 286 g/mol. The highest BCUT2D eigenvalue weighted by Crippen LogP contribution is 2.30. The van der Waals surface area contributed by atoms with E-state index in [9.17, 15) is 18.0 Å². The van der Waals surface area contributed by atoms with Crippen molar-refractivity contribution in [2.75, 3.05) is 0 Å². The predicted molar refractivity (Wildman–Crippen MR) is 65.5 cm³/mol. The lowest BCUT2D eigenvalue weighted by molar-refractivity contribution is -0.137. The van der Waals surface area contributed by atoms with E-state index in [1.165, 1.54) is 22.8 Å². The van der Waals surface area contributed by atoms with Crippen molar-refractivity contribution in [1.82, 2.24) is 0 Å². The van der Waals surface area contributed by atoms with Crippen LogP contribution in [0.4, 0.5) is 13.2 Å². The average Bonchev–Trinajstić information content (AvgIpc) is 2.76. The van der Waals surface area contributed by atoms with Gasteiger partial charge in [0.25, 0.3) is 0 Å². The molecule has 0 aliphatic heterocycles. The quantitative estimate of drug-likeness (QED) is 0.924. The molecule has 100 valence electrons. The SMILES string of the molecule is O=C(O)c1cscc1Cc1cccc(C(F)(F)F)c1. The Balaban J connectivity index is 2.29. The molecule has 1 aromatic heterocycles. The van der Waals surface area contributed by atoms with E-state index >= 15 is 0 Å². The Morgan fingerprint density at radius 1 is 1.26 bits per heavy atom. The van der Waals surface area contributed by atoms with Gasteiger partial charge in [-0.3, -0.25) is 0 Å². The Labute approximate surface area is 111 Å². The molecule has 2 nitrogen and oxygen atoms in total. The van der Waals surface area contributed by atoms with E-state index in [2.05, 4.69) is 0 Å². The summed E-state index contributed by atoms with van der Waals surface area (Å²) in [5.74, 6) is -1.07. The van der Waals surface area contributed by atoms with Crippen LogP contribution in [0.2, 0.25) is 0 Å². The highest BCUT2D eigenvalue weighted by atomic mass is 32.1. The van der Waals surface area contributed by atoms with Crippen molar-refractivity contribution < 1.29 is 23.1 Å².